The average molecular weight is 519 g/mol. The zero-order valence-electron chi connectivity index (χ0n) is 19.9. The maximum absolute atomic E-state index is 14.9. The van der Waals surface area contributed by atoms with Crippen molar-refractivity contribution in [3.8, 4) is 0 Å². The number of primary amides is 1. The number of nitrogens with zero attached hydrogens (tertiary/aromatic N) is 5. The average Bonchev–Trinajstić information content (AvgIpc) is 3.26. The fourth-order valence-corrected chi connectivity index (χ4v) is 3.94. The lowest BCUT2D eigenvalue weighted by Crippen LogP contribution is -2.49. The first-order valence-electron chi connectivity index (χ1n) is 11.4. The molecule has 1 aromatic carbocycles. The molecule has 37 heavy (non-hydrogen) atoms. The number of anilines is 2. The second kappa shape index (κ2) is 12.6. The first-order chi connectivity index (χ1) is 17.8. The molecule has 12 nitrogen and oxygen atoms in total. The van der Waals surface area contributed by atoms with Gasteiger partial charge in [-0.05, 0) is 6.07 Å². The van der Waals surface area contributed by atoms with E-state index in [4.69, 9.17) is 20.7 Å². The van der Waals surface area contributed by atoms with Gasteiger partial charge in [-0.3, -0.25) is 24.5 Å². The van der Waals surface area contributed by atoms with Gasteiger partial charge in [0, 0.05) is 69.9 Å². The van der Waals surface area contributed by atoms with Crippen LogP contribution in [-0.2, 0) is 14.3 Å². The van der Waals surface area contributed by atoms with Crippen LogP contribution in [0.3, 0.4) is 0 Å². The molecular formula is C23H28F2N8O4. The van der Waals surface area contributed by atoms with Gasteiger partial charge in [0.05, 0.1) is 12.2 Å². The largest absolute Gasteiger partial charge is 0.443 e. The number of hydrogen-bond donors (Lipinski definition) is 3. The van der Waals surface area contributed by atoms with Gasteiger partial charge in [0.15, 0.2) is 11.6 Å². The highest BCUT2D eigenvalue weighted by Crippen LogP contribution is 2.31. The molecule has 5 N–H and O–H groups in total. The summed E-state index contributed by atoms with van der Waals surface area (Å²) in [6.07, 6.45) is 5.59. The highest BCUT2D eigenvalue weighted by molar-refractivity contribution is 5.90. The van der Waals surface area contributed by atoms with Crippen LogP contribution in [0.25, 0.3) is 6.20 Å². The van der Waals surface area contributed by atoms with Crippen LogP contribution in [0.2, 0.25) is 0 Å². The number of aromatic nitrogens is 2. The van der Waals surface area contributed by atoms with E-state index >= 15 is 0 Å². The fourth-order valence-electron chi connectivity index (χ4n) is 3.94. The molecule has 0 spiro atoms. The van der Waals surface area contributed by atoms with Gasteiger partial charge in [0.25, 0.3) is 0 Å². The molecule has 2 fully saturated rings. The van der Waals surface area contributed by atoms with E-state index in [2.05, 4.69) is 10.7 Å². The van der Waals surface area contributed by atoms with E-state index in [1.54, 1.807) is 34.3 Å². The number of amides is 3. The lowest BCUT2D eigenvalue weighted by molar-refractivity contribution is -0.130. The molecule has 2 aliphatic heterocycles. The zero-order chi connectivity index (χ0) is 26.9. The molecule has 0 saturated carbocycles. The molecule has 1 aromatic heterocycles. The second-order valence-corrected chi connectivity index (χ2v) is 8.05. The lowest BCUT2D eigenvalue weighted by atomic mass is 10.2. The molecule has 3 heterocycles. The Morgan fingerprint density at radius 3 is 2.43 bits per heavy atom. The van der Waals surface area contributed by atoms with Crippen molar-refractivity contribution in [2.75, 3.05) is 49.1 Å². The maximum atomic E-state index is 14.9. The van der Waals surface area contributed by atoms with E-state index in [9.17, 15) is 18.4 Å². The number of nitrogens with two attached hydrogens (primary N) is 2. The van der Waals surface area contributed by atoms with E-state index < -0.39 is 23.8 Å². The standard InChI is InChI=1S/C22H25F2N7O3.CH3NO/c23-17-11-15(31-14-16(13-25)34-22(31)33)12-18(24)20(17)29-9-7-28(8-10-29)19(32)3-1-5-30-6-2-4-27-21(30)26;2-1-3/h1-2,4-6,11-12,16,26H,3,7-10,13-14,25H2;1H,(H2,2,3)/b5-1+,26-21?;. The number of nitrogens with one attached hydrogen (secondary N) is 1. The Labute approximate surface area is 211 Å². The molecule has 0 aliphatic carbocycles. The normalized spacial score (nSPS) is 17.4. The number of hydrogen-bond acceptors (Lipinski definition) is 8. The smallest absolute Gasteiger partial charge is 0.414 e. The fraction of sp³-hybridized carbons (Fsp3) is 0.348. The molecule has 0 radical (unpaired) electrons. The summed E-state index contributed by atoms with van der Waals surface area (Å²) in [5, 5.41) is 7.69. The molecule has 1 unspecified atom stereocenters. The summed E-state index contributed by atoms with van der Waals surface area (Å²) < 4.78 is 36.3. The topological polar surface area (TPSA) is 164 Å². The van der Waals surface area contributed by atoms with Gasteiger partial charge in [-0.25, -0.2) is 18.6 Å². The van der Waals surface area contributed by atoms with E-state index in [-0.39, 0.29) is 61.9 Å². The van der Waals surface area contributed by atoms with Crippen molar-refractivity contribution < 1.29 is 27.9 Å². The maximum Gasteiger partial charge on any atom is 0.414 e. The minimum Gasteiger partial charge on any atom is -0.443 e. The van der Waals surface area contributed by atoms with Gasteiger partial charge >= 0.3 is 6.09 Å². The highest BCUT2D eigenvalue weighted by Gasteiger charge is 2.33. The summed E-state index contributed by atoms with van der Waals surface area (Å²) in [4.78, 5) is 41.2. The Balaban J connectivity index is 0.00000121. The summed E-state index contributed by atoms with van der Waals surface area (Å²) in [5.74, 6) is -1.70. The number of rotatable bonds is 6. The van der Waals surface area contributed by atoms with Crippen LogP contribution >= 0.6 is 0 Å². The highest BCUT2D eigenvalue weighted by atomic mass is 19.1. The van der Waals surface area contributed by atoms with Gasteiger partial charge < -0.3 is 26.0 Å². The minimum absolute atomic E-state index is 0.0516. The first-order valence-corrected chi connectivity index (χ1v) is 11.4. The molecule has 14 heteroatoms. The van der Waals surface area contributed by atoms with Gasteiger partial charge in [-0.15, -0.1) is 0 Å². The summed E-state index contributed by atoms with van der Waals surface area (Å²) in [6.45, 7) is 1.40. The Morgan fingerprint density at radius 2 is 1.86 bits per heavy atom. The predicted octanol–water partition coefficient (Wildman–Crippen LogP) is 0.236. The van der Waals surface area contributed by atoms with Crippen LogP contribution < -0.4 is 26.9 Å². The second-order valence-electron chi connectivity index (χ2n) is 8.05. The van der Waals surface area contributed by atoms with Crippen LogP contribution in [0.15, 0.2) is 36.7 Å². The van der Waals surface area contributed by atoms with Crippen molar-refractivity contribution in [3.05, 3.63) is 53.9 Å². The van der Waals surface area contributed by atoms with Gasteiger partial charge in [0.1, 0.15) is 11.8 Å². The SMILES string of the molecule is N=c1ncccn1/C=C/CC(=O)N1CCN(c2c(F)cc(N3CC(CN)OC3=O)cc2F)CC1.NC=O. The first kappa shape index (κ1) is 27.3. The summed E-state index contributed by atoms with van der Waals surface area (Å²) >= 11 is 0. The Hall–Kier alpha value is -4.33. The van der Waals surface area contributed by atoms with Crippen molar-refractivity contribution in [1.29, 1.82) is 5.41 Å². The predicted molar refractivity (Wildman–Crippen MR) is 130 cm³/mol. The molecule has 1 atom stereocenters. The van der Waals surface area contributed by atoms with Crippen LogP contribution in [-0.4, -0.2) is 78.2 Å². The molecular weight excluding hydrogens is 490 g/mol. The summed E-state index contributed by atoms with van der Waals surface area (Å²) in [7, 11) is 0. The minimum atomic E-state index is -0.790. The van der Waals surface area contributed by atoms with Crippen molar-refractivity contribution in [1.82, 2.24) is 14.5 Å². The monoisotopic (exact) mass is 518 g/mol. The van der Waals surface area contributed by atoms with E-state index in [0.717, 1.165) is 17.0 Å². The number of ether oxygens (including phenoxy) is 1. The molecule has 0 bridgehead atoms. The zero-order valence-corrected chi connectivity index (χ0v) is 19.9. The third-order valence-electron chi connectivity index (χ3n) is 5.73. The van der Waals surface area contributed by atoms with Crippen molar-refractivity contribution in [2.24, 2.45) is 11.5 Å². The molecule has 2 saturated heterocycles. The van der Waals surface area contributed by atoms with Crippen molar-refractivity contribution in [3.63, 3.8) is 0 Å². The molecule has 198 valence electrons. The number of cyclic esters (lactones) is 1. The Bertz CT molecular complexity index is 1190. The quantitative estimate of drug-likeness (QED) is 0.461. The Morgan fingerprint density at radius 1 is 1.22 bits per heavy atom. The molecule has 2 aliphatic rings. The van der Waals surface area contributed by atoms with E-state index in [1.165, 1.54) is 10.8 Å². The third kappa shape index (κ3) is 6.67. The van der Waals surface area contributed by atoms with E-state index in [0.29, 0.717) is 13.1 Å². The van der Waals surface area contributed by atoms with Gasteiger partial charge in [-0.2, -0.15) is 0 Å². The summed E-state index contributed by atoms with van der Waals surface area (Å²) in [5.41, 5.74) is 9.61. The number of carbonyl (C=O) groups is 3. The number of piperazine rings is 1. The Kier molecular flexibility index (Phi) is 9.27. The number of benzene rings is 1. The van der Waals surface area contributed by atoms with Crippen LogP contribution in [0.1, 0.15) is 6.42 Å². The van der Waals surface area contributed by atoms with Crippen molar-refractivity contribution >= 4 is 36.0 Å². The summed E-state index contributed by atoms with van der Waals surface area (Å²) in [6, 6.07) is 3.90. The number of carbonyl (C=O) groups excluding carboxylic acids is 3. The lowest BCUT2D eigenvalue weighted by Gasteiger charge is -2.36. The molecule has 3 amide bonds. The van der Waals surface area contributed by atoms with Crippen LogP contribution in [0.4, 0.5) is 25.0 Å². The van der Waals surface area contributed by atoms with E-state index in [1.807, 2.05) is 0 Å². The van der Waals surface area contributed by atoms with Crippen LogP contribution in [0.5, 0.6) is 0 Å². The van der Waals surface area contributed by atoms with Gasteiger partial charge in [0.2, 0.25) is 17.9 Å². The van der Waals surface area contributed by atoms with Gasteiger partial charge in [-0.1, -0.05) is 6.08 Å². The molecule has 2 aromatic rings. The number of halogens is 2. The van der Waals surface area contributed by atoms with Crippen LogP contribution in [0, 0.1) is 17.0 Å². The van der Waals surface area contributed by atoms with Crippen molar-refractivity contribution in [2.45, 2.75) is 12.5 Å². The molecule has 4 rings (SSSR count). The third-order valence-corrected chi connectivity index (χ3v) is 5.73.